The van der Waals surface area contributed by atoms with Crippen molar-refractivity contribution in [3.05, 3.63) is 47.0 Å². The molecular formula is C13H13Cl. The summed E-state index contributed by atoms with van der Waals surface area (Å²) in [5.74, 6) is 0.568. The zero-order valence-electron chi connectivity index (χ0n) is 8.42. The van der Waals surface area contributed by atoms with Gasteiger partial charge in [-0.2, -0.15) is 0 Å². The van der Waals surface area contributed by atoms with Gasteiger partial charge in [-0.1, -0.05) is 49.7 Å². The second-order valence-electron chi connectivity index (χ2n) is 3.91. The van der Waals surface area contributed by atoms with E-state index < -0.39 is 0 Å². The van der Waals surface area contributed by atoms with E-state index in [9.17, 15) is 0 Å². The molecule has 2 aromatic carbocycles. The molecule has 0 bridgehead atoms. The average molecular weight is 205 g/mol. The first kappa shape index (κ1) is 9.54. The molecule has 0 fully saturated rings. The molecule has 0 radical (unpaired) electrons. The summed E-state index contributed by atoms with van der Waals surface area (Å²) in [5.41, 5.74) is 1.36. The van der Waals surface area contributed by atoms with Crippen LogP contribution in [0.1, 0.15) is 25.3 Å². The lowest BCUT2D eigenvalue weighted by molar-refractivity contribution is 0.869. The fraction of sp³-hybridized carbons (Fsp3) is 0.231. The summed E-state index contributed by atoms with van der Waals surface area (Å²) in [4.78, 5) is 0. The normalized spacial score (nSPS) is 11.1. The highest BCUT2D eigenvalue weighted by Gasteiger charge is 2.00. The molecule has 0 aromatic heterocycles. The first-order valence-electron chi connectivity index (χ1n) is 4.86. The predicted molar refractivity (Wildman–Crippen MR) is 63.0 cm³/mol. The van der Waals surface area contributed by atoms with Crippen molar-refractivity contribution in [1.82, 2.24) is 0 Å². The number of hydrogen-bond donors (Lipinski definition) is 0. The third-order valence-electron chi connectivity index (χ3n) is 2.49. The Morgan fingerprint density at radius 2 is 1.64 bits per heavy atom. The van der Waals surface area contributed by atoms with Gasteiger partial charge in [-0.15, -0.1) is 0 Å². The first-order chi connectivity index (χ1) is 6.66. The zero-order chi connectivity index (χ0) is 10.1. The van der Waals surface area contributed by atoms with Crippen molar-refractivity contribution < 1.29 is 0 Å². The molecular weight excluding hydrogens is 192 g/mol. The van der Waals surface area contributed by atoms with Gasteiger partial charge in [-0.05, 0) is 34.4 Å². The van der Waals surface area contributed by atoms with Gasteiger partial charge in [0.2, 0.25) is 0 Å². The fourth-order valence-corrected chi connectivity index (χ4v) is 1.78. The molecule has 0 aliphatic heterocycles. The Kier molecular flexibility index (Phi) is 2.47. The van der Waals surface area contributed by atoms with Crippen molar-refractivity contribution in [2.24, 2.45) is 0 Å². The maximum absolute atomic E-state index is 5.95. The van der Waals surface area contributed by atoms with E-state index in [1.54, 1.807) is 0 Å². The molecule has 0 aliphatic carbocycles. The summed E-state index contributed by atoms with van der Waals surface area (Å²) in [6.07, 6.45) is 0. The summed E-state index contributed by atoms with van der Waals surface area (Å²) in [6, 6.07) is 12.6. The number of hydrogen-bond acceptors (Lipinski definition) is 0. The minimum absolute atomic E-state index is 0.568. The van der Waals surface area contributed by atoms with Crippen LogP contribution in [0.25, 0.3) is 10.8 Å². The zero-order valence-corrected chi connectivity index (χ0v) is 9.18. The van der Waals surface area contributed by atoms with E-state index in [4.69, 9.17) is 11.6 Å². The van der Waals surface area contributed by atoms with E-state index in [1.807, 2.05) is 12.1 Å². The smallest absolute Gasteiger partial charge is 0.0412 e. The van der Waals surface area contributed by atoms with Crippen LogP contribution in [0, 0.1) is 0 Å². The number of halogens is 1. The largest absolute Gasteiger partial charge is 0.0843 e. The van der Waals surface area contributed by atoms with Gasteiger partial charge in [-0.3, -0.25) is 0 Å². The van der Waals surface area contributed by atoms with Gasteiger partial charge >= 0.3 is 0 Å². The molecule has 14 heavy (non-hydrogen) atoms. The monoisotopic (exact) mass is 204 g/mol. The standard InChI is InChI=1S/C13H13Cl/c1-9(2)11-4-3-10-5-6-13(14)8-12(10)7-11/h3-9H,1-2H3. The minimum Gasteiger partial charge on any atom is -0.0843 e. The molecule has 0 amide bonds. The first-order valence-corrected chi connectivity index (χ1v) is 5.24. The molecule has 0 heterocycles. The van der Waals surface area contributed by atoms with Crippen molar-refractivity contribution in [1.29, 1.82) is 0 Å². The van der Waals surface area contributed by atoms with Crippen molar-refractivity contribution in [3.63, 3.8) is 0 Å². The van der Waals surface area contributed by atoms with Gasteiger partial charge in [0.1, 0.15) is 0 Å². The quantitative estimate of drug-likeness (QED) is 0.636. The van der Waals surface area contributed by atoms with E-state index in [1.165, 1.54) is 16.3 Å². The van der Waals surface area contributed by atoms with Crippen LogP contribution < -0.4 is 0 Å². The average Bonchev–Trinajstić information content (AvgIpc) is 2.16. The van der Waals surface area contributed by atoms with Crippen molar-refractivity contribution in [2.45, 2.75) is 19.8 Å². The SMILES string of the molecule is CC(C)c1ccc2ccc(Cl)cc2c1. The molecule has 1 heteroatoms. The van der Waals surface area contributed by atoms with E-state index in [2.05, 4.69) is 38.1 Å². The fourth-order valence-electron chi connectivity index (χ4n) is 1.60. The molecule has 72 valence electrons. The Hall–Kier alpha value is -1.01. The molecule has 0 saturated heterocycles. The molecule has 2 rings (SSSR count). The van der Waals surface area contributed by atoms with Gasteiger partial charge in [0.15, 0.2) is 0 Å². The van der Waals surface area contributed by atoms with Gasteiger partial charge in [0, 0.05) is 5.02 Å². The Labute approximate surface area is 89.5 Å². The summed E-state index contributed by atoms with van der Waals surface area (Å²) in [7, 11) is 0. The summed E-state index contributed by atoms with van der Waals surface area (Å²) in [6.45, 7) is 4.40. The van der Waals surface area contributed by atoms with Crippen LogP contribution in [0.3, 0.4) is 0 Å². The number of benzene rings is 2. The lowest BCUT2D eigenvalue weighted by Gasteiger charge is -2.06. The van der Waals surface area contributed by atoms with E-state index in [0.29, 0.717) is 5.92 Å². The summed E-state index contributed by atoms with van der Waals surface area (Å²) in [5, 5.41) is 3.28. The summed E-state index contributed by atoms with van der Waals surface area (Å²) >= 11 is 5.95. The summed E-state index contributed by atoms with van der Waals surface area (Å²) < 4.78 is 0. The molecule has 0 spiro atoms. The second kappa shape index (κ2) is 3.62. The van der Waals surface area contributed by atoms with Crippen molar-refractivity contribution in [2.75, 3.05) is 0 Å². The second-order valence-corrected chi connectivity index (χ2v) is 4.34. The molecule has 0 atom stereocenters. The highest BCUT2D eigenvalue weighted by atomic mass is 35.5. The van der Waals surface area contributed by atoms with Crippen LogP contribution in [-0.2, 0) is 0 Å². The lowest BCUT2D eigenvalue weighted by atomic mass is 9.99. The minimum atomic E-state index is 0.568. The van der Waals surface area contributed by atoms with Gasteiger partial charge in [0.25, 0.3) is 0 Å². The molecule has 0 aliphatic rings. The molecule has 2 aromatic rings. The Morgan fingerprint density at radius 3 is 2.36 bits per heavy atom. The Bertz CT molecular complexity index is 458. The highest BCUT2D eigenvalue weighted by Crippen LogP contribution is 2.23. The third-order valence-corrected chi connectivity index (χ3v) is 2.73. The third kappa shape index (κ3) is 1.76. The van der Waals surface area contributed by atoms with Crippen LogP contribution in [-0.4, -0.2) is 0 Å². The number of rotatable bonds is 1. The molecule has 0 nitrogen and oxygen atoms in total. The maximum atomic E-state index is 5.95. The van der Waals surface area contributed by atoms with Gasteiger partial charge in [0.05, 0.1) is 0 Å². The van der Waals surface area contributed by atoms with Crippen molar-refractivity contribution >= 4 is 22.4 Å². The van der Waals surface area contributed by atoms with E-state index >= 15 is 0 Å². The van der Waals surface area contributed by atoms with Gasteiger partial charge < -0.3 is 0 Å². The molecule has 0 N–H and O–H groups in total. The van der Waals surface area contributed by atoms with Crippen molar-refractivity contribution in [3.8, 4) is 0 Å². The Balaban J connectivity index is 2.63. The highest BCUT2D eigenvalue weighted by molar-refractivity contribution is 6.31. The Morgan fingerprint density at radius 1 is 0.929 bits per heavy atom. The lowest BCUT2D eigenvalue weighted by Crippen LogP contribution is -1.86. The van der Waals surface area contributed by atoms with Crippen LogP contribution in [0.15, 0.2) is 36.4 Å². The van der Waals surface area contributed by atoms with Crippen LogP contribution >= 0.6 is 11.6 Å². The van der Waals surface area contributed by atoms with Crippen LogP contribution in [0.4, 0.5) is 0 Å². The number of fused-ring (bicyclic) bond motifs is 1. The van der Waals surface area contributed by atoms with Crippen LogP contribution in [0.2, 0.25) is 5.02 Å². The van der Waals surface area contributed by atoms with E-state index in [0.717, 1.165) is 5.02 Å². The molecule has 0 unspecified atom stereocenters. The van der Waals surface area contributed by atoms with E-state index in [-0.39, 0.29) is 0 Å². The maximum Gasteiger partial charge on any atom is 0.0412 e. The van der Waals surface area contributed by atoms with Crippen LogP contribution in [0.5, 0.6) is 0 Å². The van der Waals surface area contributed by atoms with Gasteiger partial charge in [-0.25, -0.2) is 0 Å². The predicted octanol–water partition coefficient (Wildman–Crippen LogP) is 4.62. The topological polar surface area (TPSA) is 0 Å². The molecule has 0 saturated carbocycles.